The van der Waals surface area contributed by atoms with Gasteiger partial charge in [0.1, 0.15) is 5.75 Å². The monoisotopic (exact) mass is 424 g/mol. The predicted molar refractivity (Wildman–Crippen MR) is 109 cm³/mol. The highest BCUT2D eigenvalue weighted by molar-refractivity contribution is 7.93. The molecule has 0 radical (unpaired) electrons. The quantitative estimate of drug-likeness (QED) is 0.524. The van der Waals surface area contributed by atoms with Crippen molar-refractivity contribution in [2.75, 3.05) is 45.0 Å². The molecule has 0 atom stereocenters. The van der Waals surface area contributed by atoms with E-state index in [0.717, 1.165) is 11.1 Å². The summed E-state index contributed by atoms with van der Waals surface area (Å²) in [7, 11) is 0.693. The number of hydrogen-bond acceptors (Lipinski definition) is 7. The minimum atomic E-state index is -3.87. The molecule has 0 saturated heterocycles. The second-order valence-electron chi connectivity index (χ2n) is 5.93. The summed E-state index contributed by atoms with van der Waals surface area (Å²) < 4.78 is 42.5. The Balaban J connectivity index is 2.19. The maximum absolute atomic E-state index is 12.1. The maximum atomic E-state index is 12.1. The zero-order valence-electron chi connectivity index (χ0n) is 16.4. The Morgan fingerprint density at radius 1 is 0.966 bits per heavy atom. The SMILES string of the molecule is COc1cc(-c2ccc(NS(=O)(=O)CC(=O)NCCO)cc2)cc(OC)c1OC. The van der Waals surface area contributed by atoms with Gasteiger partial charge >= 0.3 is 0 Å². The van der Waals surface area contributed by atoms with Gasteiger partial charge in [0.15, 0.2) is 11.5 Å². The molecule has 0 heterocycles. The molecule has 0 aromatic heterocycles. The molecule has 29 heavy (non-hydrogen) atoms. The number of aliphatic hydroxyl groups is 1. The summed E-state index contributed by atoms with van der Waals surface area (Å²) in [5, 5.41) is 11.0. The molecule has 0 spiro atoms. The first-order chi connectivity index (χ1) is 13.8. The molecule has 0 unspecified atom stereocenters. The maximum Gasteiger partial charge on any atom is 0.241 e. The van der Waals surface area contributed by atoms with Gasteiger partial charge in [-0.2, -0.15) is 0 Å². The number of ether oxygens (including phenoxy) is 3. The lowest BCUT2D eigenvalue weighted by molar-refractivity contribution is -0.118. The molecular weight excluding hydrogens is 400 g/mol. The number of benzene rings is 2. The third-order valence-electron chi connectivity index (χ3n) is 3.91. The number of carbonyl (C=O) groups excluding carboxylic acids is 1. The Kier molecular flexibility index (Phi) is 7.68. The zero-order valence-corrected chi connectivity index (χ0v) is 17.2. The van der Waals surface area contributed by atoms with E-state index in [4.69, 9.17) is 19.3 Å². The van der Waals surface area contributed by atoms with Crippen LogP contribution in [0.2, 0.25) is 0 Å². The standard InChI is InChI=1S/C19H24N2O7S/c1-26-16-10-14(11-17(27-2)19(16)28-3)13-4-6-15(7-5-13)21-29(24,25)12-18(23)20-8-9-22/h4-7,10-11,21-22H,8-9,12H2,1-3H3,(H,20,23). The van der Waals surface area contributed by atoms with E-state index in [1.54, 1.807) is 36.4 Å². The fraction of sp³-hybridized carbons (Fsp3) is 0.316. The van der Waals surface area contributed by atoms with Crippen LogP contribution < -0.4 is 24.2 Å². The van der Waals surface area contributed by atoms with Gasteiger partial charge in [-0.15, -0.1) is 0 Å². The minimum Gasteiger partial charge on any atom is -0.493 e. The summed E-state index contributed by atoms with van der Waals surface area (Å²) in [5.41, 5.74) is 1.90. The van der Waals surface area contributed by atoms with E-state index in [9.17, 15) is 13.2 Å². The molecule has 1 amide bonds. The first-order valence-electron chi connectivity index (χ1n) is 8.62. The van der Waals surface area contributed by atoms with Crippen LogP contribution in [0.25, 0.3) is 11.1 Å². The van der Waals surface area contributed by atoms with Crippen molar-refractivity contribution in [2.45, 2.75) is 0 Å². The number of carbonyl (C=O) groups is 1. The molecule has 0 aliphatic rings. The van der Waals surface area contributed by atoms with Crippen LogP contribution in [0.5, 0.6) is 17.2 Å². The lowest BCUT2D eigenvalue weighted by Crippen LogP contribution is -2.34. The van der Waals surface area contributed by atoms with Gasteiger partial charge in [-0.25, -0.2) is 8.42 Å². The second kappa shape index (κ2) is 9.99. The Morgan fingerprint density at radius 2 is 1.55 bits per heavy atom. The first-order valence-corrected chi connectivity index (χ1v) is 10.3. The molecule has 0 aliphatic carbocycles. The Morgan fingerprint density at radius 3 is 2.03 bits per heavy atom. The molecule has 10 heteroatoms. The van der Waals surface area contributed by atoms with Gasteiger partial charge in [0, 0.05) is 12.2 Å². The Labute approximate surface area is 169 Å². The lowest BCUT2D eigenvalue weighted by Gasteiger charge is -2.14. The van der Waals surface area contributed by atoms with Crippen LogP contribution >= 0.6 is 0 Å². The smallest absolute Gasteiger partial charge is 0.241 e. The second-order valence-corrected chi connectivity index (χ2v) is 7.65. The summed E-state index contributed by atoms with van der Waals surface area (Å²) in [6.07, 6.45) is 0. The van der Waals surface area contributed by atoms with Crippen molar-refractivity contribution < 1.29 is 32.5 Å². The largest absolute Gasteiger partial charge is 0.493 e. The molecule has 2 rings (SSSR count). The molecule has 0 saturated carbocycles. The van der Waals surface area contributed by atoms with Crippen molar-refractivity contribution in [3.63, 3.8) is 0 Å². The number of nitrogens with one attached hydrogen (secondary N) is 2. The molecule has 3 N–H and O–H groups in total. The van der Waals surface area contributed by atoms with Gasteiger partial charge in [-0.05, 0) is 35.4 Å². The molecule has 0 fully saturated rings. The number of amides is 1. The van der Waals surface area contributed by atoms with Crippen LogP contribution in [0, 0.1) is 0 Å². The summed E-state index contributed by atoms with van der Waals surface area (Å²) in [5.74, 6) is 0.0472. The number of rotatable bonds is 10. The normalized spacial score (nSPS) is 10.9. The average Bonchev–Trinajstić information content (AvgIpc) is 2.70. The van der Waals surface area contributed by atoms with E-state index >= 15 is 0 Å². The van der Waals surface area contributed by atoms with Crippen LogP contribution in [0.4, 0.5) is 5.69 Å². The average molecular weight is 424 g/mol. The number of anilines is 1. The molecule has 0 aliphatic heterocycles. The third-order valence-corrected chi connectivity index (χ3v) is 5.10. The van der Waals surface area contributed by atoms with Crippen molar-refractivity contribution >= 4 is 21.6 Å². The highest BCUT2D eigenvalue weighted by Gasteiger charge is 2.17. The summed E-state index contributed by atoms with van der Waals surface area (Å²) in [4.78, 5) is 11.5. The van der Waals surface area contributed by atoms with E-state index in [0.29, 0.717) is 22.9 Å². The van der Waals surface area contributed by atoms with Gasteiger partial charge in [0.05, 0.1) is 27.9 Å². The molecule has 2 aromatic carbocycles. The number of aliphatic hydroxyl groups excluding tert-OH is 1. The van der Waals surface area contributed by atoms with Crippen molar-refractivity contribution in [1.82, 2.24) is 5.32 Å². The van der Waals surface area contributed by atoms with Crippen molar-refractivity contribution in [3.8, 4) is 28.4 Å². The van der Waals surface area contributed by atoms with Crippen LogP contribution in [0.3, 0.4) is 0 Å². The van der Waals surface area contributed by atoms with Crippen molar-refractivity contribution in [3.05, 3.63) is 36.4 Å². The van der Waals surface area contributed by atoms with Gasteiger partial charge in [0.25, 0.3) is 0 Å². The van der Waals surface area contributed by atoms with Gasteiger partial charge < -0.3 is 24.6 Å². The van der Waals surface area contributed by atoms with Gasteiger partial charge in [-0.3, -0.25) is 9.52 Å². The summed E-state index contributed by atoms with van der Waals surface area (Å²) in [6, 6.07) is 10.2. The fourth-order valence-electron chi connectivity index (χ4n) is 2.61. The van der Waals surface area contributed by atoms with Crippen molar-refractivity contribution in [1.29, 1.82) is 0 Å². The van der Waals surface area contributed by atoms with E-state index < -0.39 is 21.7 Å². The molecule has 9 nitrogen and oxygen atoms in total. The minimum absolute atomic E-state index is 0.00215. The predicted octanol–water partition coefficient (Wildman–Crippen LogP) is 1.23. The van der Waals surface area contributed by atoms with Gasteiger partial charge in [-0.1, -0.05) is 12.1 Å². The lowest BCUT2D eigenvalue weighted by atomic mass is 10.0. The van der Waals surface area contributed by atoms with Gasteiger partial charge in [0.2, 0.25) is 21.7 Å². The topological polar surface area (TPSA) is 123 Å². The van der Waals surface area contributed by atoms with E-state index in [2.05, 4.69) is 10.0 Å². The number of methoxy groups -OCH3 is 3. The van der Waals surface area contributed by atoms with E-state index in [1.165, 1.54) is 21.3 Å². The molecular formula is C19H24N2O7S. The van der Waals surface area contributed by atoms with Crippen LogP contribution in [0.15, 0.2) is 36.4 Å². The Hall–Kier alpha value is -2.98. The number of sulfonamides is 1. The third kappa shape index (κ3) is 6.00. The first kappa shape index (κ1) is 22.3. The molecule has 2 aromatic rings. The van der Waals surface area contributed by atoms with Crippen LogP contribution in [-0.4, -0.2) is 59.7 Å². The van der Waals surface area contributed by atoms with Crippen LogP contribution in [0.1, 0.15) is 0 Å². The van der Waals surface area contributed by atoms with Crippen LogP contribution in [-0.2, 0) is 14.8 Å². The summed E-state index contributed by atoms with van der Waals surface area (Å²) in [6.45, 7) is -0.264. The highest BCUT2D eigenvalue weighted by Crippen LogP contribution is 2.41. The number of hydrogen-bond donors (Lipinski definition) is 3. The van der Waals surface area contributed by atoms with E-state index in [-0.39, 0.29) is 13.2 Å². The highest BCUT2D eigenvalue weighted by atomic mass is 32.2. The fourth-order valence-corrected chi connectivity index (χ4v) is 3.63. The molecule has 158 valence electrons. The zero-order chi connectivity index (χ0) is 21.4. The van der Waals surface area contributed by atoms with Crippen molar-refractivity contribution in [2.24, 2.45) is 0 Å². The Bertz CT molecular complexity index is 919. The van der Waals surface area contributed by atoms with E-state index in [1.807, 2.05) is 0 Å². The summed E-state index contributed by atoms with van der Waals surface area (Å²) >= 11 is 0. The molecule has 0 bridgehead atoms.